The molecule has 6 heteroatoms. The van der Waals surface area contributed by atoms with E-state index >= 15 is 0 Å². The molecule has 1 heterocycles. The number of hydrogen-bond donors (Lipinski definition) is 1. The van der Waals surface area contributed by atoms with Crippen LogP contribution in [0.3, 0.4) is 0 Å². The molecule has 140 valence electrons. The number of amides is 1. The number of nitrogens with zero attached hydrogens (tertiary/aromatic N) is 2. The lowest BCUT2D eigenvalue weighted by Gasteiger charge is -2.09. The first-order valence-electron chi connectivity index (χ1n) is 8.75. The SMILES string of the molecule is Cc1nn(Cc2ccccc2)c(C)c1CNC(=O)COc1cccc(Br)c1. The maximum absolute atomic E-state index is 12.1. The third kappa shape index (κ3) is 5.20. The van der Waals surface area contributed by atoms with Gasteiger partial charge in [-0.2, -0.15) is 5.10 Å². The van der Waals surface area contributed by atoms with Crippen molar-refractivity contribution in [2.45, 2.75) is 26.9 Å². The van der Waals surface area contributed by atoms with Gasteiger partial charge in [-0.3, -0.25) is 9.48 Å². The second kappa shape index (κ2) is 8.86. The molecule has 0 atom stereocenters. The summed E-state index contributed by atoms with van der Waals surface area (Å²) in [5, 5.41) is 7.53. The minimum Gasteiger partial charge on any atom is -0.484 e. The first-order valence-corrected chi connectivity index (χ1v) is 9.54. The maximum atomic E-state index is 12.1. The van der Waals surface area contributed by atoms with Gasteiger partial charge < -0.3 is 10.1 Å². The Morgan fingerprint density at radius 2 is 1.93 bits per heavy atom. The molecule has 0 spiro atoms. The third-order valence-electron chi connectivity index (χ3n) is 4.33. The van der Waals surface area contributed by atoms with Crippen LogP contribution in [0.2, 0.25) is 0 Å². The molecule has 27 heavy (non-hydrogen) atoms. The van der Waals surface area contributed by atoms with Crippen molar-refractivity contribution in [3.63, 3.8) is 0 Å². The number of aromatic nitrogens is 2. The van der Waals surface area contributed by atoms with Gasteiger partial charge in [0.1, 0.15) is 5.75 Å². The Bertz CT molecular complexity index is 922. The maximum Gasteiger partial charge on any atom is 0.258 e. The normalized spacial score (nSPS) is 10.6. The first-order chi connectivity index (χ1) is 13.0. The minimum absolute atomic E-state index is 0.0211. The van der Waals surface area contributed by atoms with Gasteiger partial charge in [-0.15, -0.1) is 0 Å². The zero-order valence-corrected chi connectivity index (χ0v) is 17.0. The summed E-state index contributed by atoms with van der Waals surface area (Å²) in [6, 6.07) is 17.6. The molecule has 0 bridgehead atoms. The highest BCUT2D eigenvalue weighted by Crippen LogP contribution is 2.18. The summed E-state index contributed by atoms with van der Waals surface area (Å²) in [4.78, 5) is 12.1. The molecule has 0 aliphatic carbocycles. The van der Waals surface area contributed by atoms with Gasteiger partial charge in [0.05, 0.1) is 12.2 Å². The number of carbonyl (C=O) groups is 1. The molecular formula is C21H22BrN3O2. The number of carbonyl (C=O) groups excluding carboxylic acids is 1. The molecule has 0 saturated heterocycles. The van der Waals surface area contributed by atoms with Gasteiger partial charge in [0.2, 0.25) is 0 Å². The Kier molecular flexibility index (Phi) is 6.29. The second-order valence-corrected chi connectivity index (χ2v) is 7.23. The van der Waals surface area contributed by atoms with E-state index in [4.69, 9.17) is 4.74 Å². The fourth-order valence-corrected chi connectivity index (χ4v) is 3.22. The van der Waals surface area contributed by atoms with Crippen molar-refractivity contribution in [1.82, 2.24) is 15.1 Å². The molecule has 1 amide bonds. The number of rotatable bonds is 7. The van der Waals surface area contributed by atoms with Crippen LogP contribution in [0.4, 0.5) is 0 Å². The molecular weight excluding hydrogens is 406 g/mol. The van der Waals surface area contributed by atoms with Crippen molar-refractivity contribution in [3.8, 4) is 5.75 Å². The number of nitrogens with one attached hydrogen (secondary N) is 1. The monoisotopic (exact) mass is 427 g/mol. The van der Waals surface area contributed by atoms with E-state index in [0.717, 1.165) is 21.4 Å². The highest BCUT2D eigenvalue weighted by molar-refractivity contribution is 9.10. The van der Waals surface area contributed by atoms with Gasteiger partial charge in [0.15, 0.2) is 6.61 Å². The molecule has 0 aliphatic rings. The molecule has 5 nitrogen and oxygen atoms in total. The van der Waals surface area contributed by atoms with Gasteiger partial charge >= 0.3 is 0 Å². The van der Waals surface area contributed by atoms with Crippen molar-refractivity contribution in [2.24, 2.45) is 0 Å². The topological polar surface area (TPSA) is 56.2 Å². The van der Waals surface area contributed by atoms with E-state index in [1.807, 2.05) is 61.0 Å². The van der Waals surface area contributed by atoms with Crippen LogP contribution >= 0.6 is 15.9 Å². The number of benzene rings is 2. The molecule has 1 N–H and O–H groups in total. The summed E-state index contributed by atoms with van der Waals surface area (Å²) >= 11 is 3.38. The van der Waals surface area contributed by atoms with Gasteiger partial charge in [0.25, 0.3) is 5.91 Å². The van der Waals surface area contributed by atoms with Crippen molar-refractivity contribution in [2.75, 3.05) is 6.61 Å². The number of aryl methyl sites for hydroxylation is 1. The molecule has 2 aromatic carbocycles. The molecule has 3 rings (SSSR count). The van der Waals surface area contributed by atoms with Gasteiger partial charge in [0, 0.05) is 22.3 Å². The summed E-state index contributed by atoms with van der Waals surface area (Å²) in [6.45, 7) is 5.13. The molecule has 0 aliphatic heterocycles. The summed E-state index contributed by atoms with van der Waals surface area (Å²) in [7, 11) is 0. The average molecular weight is 428 g/mol. The van der Waals surface area contributed by atoms with Gasteiger partial charge in [-0.05, 0) is 37.6 Å². The van der Waals surface area contributed by atoms with Crippen molar-refractivity contribution >= 4 is 21.8 Å². The van der Waals surface area contributed by atoms with Crippen LogP contribution in [-0.4, -0.2) is 22.3 Å². The lowest BCUT2D eigenvalue weighted by molar-refractivity contribution is -0.123. The summed E-state index contributed by atoms with van der Waals surface area (Å²) in [6.07, 6.45) is 0. The predicted octanol–water partition coefficient (Wildman–Crippen LogP) is 4.01. The smallest absolute Gasteiger partial charge is 0.258 e. The summed E-state index contributed by atoms with van der Waals surface area (Å²) < 4.78 is 8.41. The van der Waals surface area contributed by atoms with Crippen molar-refractivity contribution in [3.05, 3.63) is 81.6 Å². The Labute approximate surface area is 167 Å². The molecule has 3 aromatic rings. The van der Waals surface area contributed by atoms with Gasteiger partial charge in [-0.1, -0.05) is 52.3 Å². The summed E-state index contributed by atoms with van der Waals surface area (Å²) in [5.74, 6) is 0.493. The number of hydrogen-bond acceptors (Lipinski definition) is 3. The standard InChI is InChI=1S/C21H22BrN3O2/c1-15-20(16(2)25(24-15)13-17-7-4-3-5-8-17)12-23-21(26)14-27-19-10-6-9-18(22)11-19/h3-11H,12-14H2,1-2H3,(H,23,26). The Morgan fingerprint density at radius 1 is 1.15 bits per heavy atom. The van der Waals surface area contributed by atoms with Crippen LogP contribution in [0, 0.1) is 13.8 Å². The average Bonchev–Trinajstić information content (AvgIpc) is 2.92. The zero-order valence-electron chi connectivity index (χ0n) is 15.4. The van der Waals surface area contributed by atoms with E-state index in [0.29, 0.717) is 18.8 Å². The van der Waals surface area contributed by atoms with E-state index in [-0.39, 0.29) is 12.5 Å². The van der Waals surface area contributed by atoms with Crippen molar-refractivity contribution < 1.29 is 9.53 Å². The molecule has 0 fully saturated rings. The van der Waals surface area contributed by atoms with Crippen LogP contribution in [0.5, 0.6) is 5.75 Å². The molecule has 1 aromatic heterocycles. The molecule has 0 unspecified atom stereocenters. The predicted molar refractivity (Wildman–Crippen MR) is 109 cm³/mol. The quantitative estimate of drug-likeness (QED) is 0.619. The highest BCUT2D eigenvalue weighted by atomic mass is 79.9. The minimum atomic E-state index is -0.162. The zero-order chi connectivity index (χ0) is 19.2. The van der Waals surface area contributed by atoms with Crippen molar-refractivity contribution in [1.29, 1.82) is 0 Å². The summed E-state index contributed by atoms with van der Waals surface area (Å²) in [5.41, 5.74) is 4.23. The van der Waals surface area contributed by atoms with E-state index in [2.05, 4.69) is 38.5 Å². The van der Waals surface area contributed by atoms with E-state index in [1.165, 1.54) is 5.56 Å². The lowest BCUT2D eigenvalue weighted by Crippen LogP contribution is -2.28. The first kappa shape index (κ1) is 19.2. The molecule has 0 radical (unpaired) electrons. The van der Waals surface area contributed by atoms with E-state index in [1.54, 1.807) is 0 Å². The Balaban J connectivity index is 1.56. The largest absolute Gasteiger partial charge is 0.484 e. The Morgan fingerprint density at radius 3 is 2.67 bits per heavy atom. The fraction of sp³-hybridized carbons (Fsp3) is 0.238. The van der Waals surface area contributed by atoms with Gasteiger partial charge in [-0.25, -0.2) is 0 Å². The lowest BCUT2D eigenvalue weighted by atomic mass is 10.2. The van der Waals surface area contributed by atoms with Crippen LogP contribution in [0.25, 0.3) is 0 Å². The number of halogens is 1. The second-order valence-electron chi connectivity index (χ2n) is 6.32. The fourth-order valence-electron chi connectivity index (χ4n) is 2.84. The van der Waals surface area contributed by atoms with Crippen LogP contribution in [0.1, 0.15) is 22.5 Å². The van der Waals surface area contributed by atoms with Crippen LogP contribution in [0.15, 0.2) is 59.1 Å². The van der Waals surface area contributed by atoms with E-state index in [9.17, 15) is 4.79 Å². The Hall–Kier alpha value is -2.60. The van der Waals surface area contributed by atoms with E-state index < -0.39 is 0 Å². The molecule has 0 saturated carbocycles. The number of ether oxygens (including phenoxy) is 1. The third-order valence-corrected chi connectivity index (χ3v) is 4.83. The van der Waals surface area contributed by atoms with Crippen LogP contribution < -0.4 is 10.1 Å². The highest BCUT2D eigenvalue weighted by Gasteiger charge is 2.13. The van der Waals surface area contributed by atoms with Crippen LogP contribution in [-0.2, 0) is 17.9 Å².